The first-order chi connectivity index (χ1) is 10.1. The van der Waals surface area contributed by atoms with E-state index in [4.69, 9.17) is 15.2 Å². The molecule has 0 saturated heterocycles. The fourth-order valence-corrected chi connectivity index (χ4v) is 1.73. The molecule has 6 nitrogen and oxygen atoms in total. The van der Waals surface area contributed by atoms with Gasteiger partial charge in [-0.2, -0.15) is 0 Å². The molecule has 0 fully saturated rings. The monoisotopic (exact) mass is 294 g/mol. The third kappa shape index (κ3) is 7.43. The molecule has 0 aromatic heterocycles. The van der Waals surface area contributed by atoms with Gasteiger partial charge in [0.1, 0.15) is 6.61 Å². The van der Waals surface area contributed by atoms with Gasteiger partial charge in [0.2, 0.25) is 11.8 Å². The lowest BCUT2D eigenvalue weighted by atomic mass is 10.2. The van der Waals surface area contributed by atoms with E-state index in [1.165, 1.54) is 0 Å². The summed E-state index contributed by atoms with van der Waals surface area (Å²) in [5.41, 5.74) is 6.14. The normalized spacial score (nSPS) is 10.3. The maximum atomic E-state index is 12.1. The lowest BCUT2D eigenvalue weighted by Crippen LogP contribution is -2.36. The third-order valence-corrected chi connectivity index (χ3v) is 2.85. The first-order valence-corrected chi connectivity index (χ1v) is 6.80. The summed E-state index contributed by atoms with van der Waals surface area (Å²) in [5, 5.41) is 0. The lowest BCUT2D eigenvalue weighted by Gasteiger charge is -2.22. The zero-order valence-corrected chi connectivity index (χ0v) is 12.3. The molecular weight excluding hydrogens is 272 g/mol. The maximum absolute atomic E-state index is 12.1. The standard InChI is InChI=1S/C15H22N2O4/c1-20-9-10-21-12-15(19)17(8-7-14(16)18)11-13-5-3-2-4-6-13/h2-6H,7-12H2,1H3,(H2,16,18). The molecular formula is C15H22N2O4. The summed E-state index contributed by atoms with van der Waals surface area (Å²) in [5.74, 6) is -0.600. The number of benzene rings is 1. The van der Waals surface area contributed by atoms with Crippen LogP contribution < -0.4 is 5.73 Å². The van der Waals surface area contributed by atoms with E-state index in [0.717, 1.165) is 5.56 Å². The van der Waals surface area contributed by atoms with E-state index in [2.05, 4.69) is 0 Å². The highest BCUT2D eigenvalue weighted by Gasteiger charge is 2.15. The third-order valence-electron chi connectivity index (χ3n) is 2.85. The summed E-state index contributed by atoms with van der Waals surface area (Å²) in [4.78, 5) is 24.6. The molecule has 1 aromatic carbocycles. The Bertz CT molecular complexity index is 437. The molecule has 2 N–H and O–H groups in total. The van der Waals surface area contributed by atoms with Gasteiger partial charge in [-0.15, -0.1) is 0 Å². The Morgan fingerprint density at radius 2 is 1.90 bits per heavy atom. The molecule has 0 atom stereocenters. The van der Waals surface area contributed by atoms with Crippen molar-refractivity contribution in [2.45, 2.75) is 13.0 Å². The highest BCUT2D eigenvalue weighted by Crippen LogP contribution is 2.06. The second-order valence-electron chi connectivity index (χ2n) is 4.56. The Balaban J connectivity index is 2.54. The summed E-state index contributed by atoms with van der Waals surface area (Å²) < 4.78 is 10.1. The van der Waals surface area contributed by atoms with Crippen molar-refractivity contribution in [2.24, 2.45) is 5.73 Å². The molecule has 0 heterocycles. The molecule has 0 radical (unpaired) electrons. The minimum Gasteiger partial charge on any atom is -0.382 e. The van der Waals surface area contributed by atoms with Gasteiger partial charge in [-0.05, 0) is 5.56 Å². The molecule has 0 saturated carbocycles. The van der Waals surface area contributed by atoms with Gasteiger partial charge in [-0.25, -0.2) is 0 Å². The average molecular weight is 294 g/mol. The number of carbonyl (C=O) groups excluding carboxylic acids is 2. The summed E-state index contributed by atoms with van der Waals surface area (Å²) in [7, 11) is 1.57. The van der Waals surface area contributed by atoms with Crippen LogP contribution in [0.5, 0.6) is 0 Å². The van der Waals surface area contributed by atoms with E-state index < -0.39 is 5.91 Å². The predicted molar refractivity (Wildman–Crippen MR) is 78.4 cm³/mol. The molecule has 1 aromatic rings. The molecule has 0 spiro atoms. The number of hydrogen-bond acceptors (Lipinski definition) is 4. The fourth-order valence-electron chi connectivity index (χ4n) is 1.73. The van der Waals surface area contributed by atoms with Gasteiger partial charge in [-0.3, -0.25) is 9.59 Å². The summed E-state index contributed by atoms with van der Waals surface area (Å²) in [6.45, 7) is 1.48. The number of ether oxygens (including phenoxy) is 2. The Morgan fingerprint density at radius 1 is 1.19 bits per heavy atom. The van der Waals surface area contributed by atoms with E-state index in [1.54, 1.807) is 12.0 Å². The van der Waals surface area contributed by atoms with Crippen molar-refractivity contribution in [1.29, 1.82) is 0 Å². The van der Waals surface area contributed by atoms with Crippen LogP contribution in [0.1, 0.15) is 12.0 Å². The average Bonchev–Trinajstić information content (AvgIpc) is 2.48. The van der Waals surface area contributed by atoms with Crippen LogP contribution in [0, 0.1) is 0 Å². The smallest absolute Gasteiger partial charge is 0.248 e. The van der Waals surface area contributed by atoms with Crippen molar-refractivity contribution in [1.82, 2.24) is 4.90 Å². The van der Waals surface area contributed by atoms with E-state index >= 15 is 0 Å². The topological polar surface area (TPSA) is 81.9 Å². The van der Waals surface area contributed by atoms with Gasteiger partial charge in [0, 0.05) is 26.6 Å². The Morgan fingerprint density at radius 3 is 2.52 bits per heavy atom. The van der Waals surface area contributed by atoms with Crippen LogP contribution in [0.15, 0.2) is 30.3 Å². The van der Waals surface area contributed by atoms with Gasteiger partial charge in [0.25, 0.3) is 0 Å². The van der Waals surface area contributed by atoms with E-state index in [-0.39, 0.29) is 25.5 Å². The highest BCUT2D eigenvalue weighted by atomic mass is 16.5. The van der Waals surface area contributed by atoms with Gasteiger partial charge >= 0.3 is 0 Å². The number of methoxy groups -OCH3 is 1. The van der Waals surface area contributed by atoms with Gasteiger partial charge in [0.15, 0.2) is 0 Å². The first kappa shape index (κ1) is 17.1. The number of hydrogen-bond donors (Lipinski definition) is 1. The minimum atomic E-state index is -0.429. The van der Waals surface area contributed by atoms with Crippen LogP contribution in [0.2, 0.25) is 0 Å². The molecule has 6 heteroatoms. The van der Waals surface area contributed by atoms with Crippen LogP contribution in [0.3, 0.4) is 0 Å². The summed E-state index contributed by atoms with van der Waals surface area (Å²) in [6, 6.07) is 9.57. The second kappa shape index (κ2) is 9.90. The Kier molecular flexibility index (Phi) is 8.08. The summed E-state index contributed by atoms with van der Waals surface area (Å²) >= 11 is 0. The Hall–Kier alpha value is -1.92. The van der Waals surface area contributed by atoms with E-state index in [1.807, 2.05) is 30.3 Å². The van der Waals surface area contributed by atoms with Crippen LogP contribution in [-0.4, -0.2) is 50.2 Å². The number of carbonyl (C=O) groups is 2. The molecule has 2 amide bonds. The maximum Gasteiger partial charge on any atom is 0.248 e. The van der Waals surface area contributed by atoms with Crippen molar-refractivity contribution in [3.63, 3.8) is 0 Å². The molecule has 0 aliphatic carbocycles. The van der Waals surface area contributed by atoms with E-state index in [0.29, 0.717) is 19.8 Å². The van der Waals surface area contributed by atoms with Gasteiger partial charge in [-0.1, -0.05) is 30.3 Å². The highest BCUT2D eigenvalue weighted by molar-refractivity contribution is 5.79. The quantitative estimate of drug-likeness (QED) is 0.639. The molecule has 116 valence electrons. The van der Waals surface area contributed by atoms with Crippen molar-refractivity contribution >= 4 is 11.8 Å². The van der Waals surface area contributed by atoms with E-state index in [9.17, 15) is 9.59 Å². The number of primary amides is 1. The molecule has 0 aliphatic heterocycles. The van der Waals surface area contributed by atoms with Crippen LogP contribution >= 0.6 is 0 Å². The Labute approximate surface area is 124 Å². The van der Waals surface area contributed by atoms with Crippen molar-refractivity contribution in [3.8, 4) is 0 Å². The number of rotatable bonds is 10. The van der Waals surface area contributed by atoms with Crippen molar-refractivity contribution in [3.05, 3.63) is 35.9 Å². The molecule has 21 heavy (non-hydrogen) atoms. The SMILES string of the molecule is COCCOCC(=O)N(CCC(N)=O)Cc1ccccc1. The molecule has 0 bridgehead atoms. The zero-order valence-electron chi connectivity index (χ0n) is 12.3. The van der Waals surface area contributed by atoms with Crippen LogP contribution in [0.25, 0.3) is 0 Å². The summed E-state index contributed by atoms with van der Waals surface area (Å²) in [6.07, 6.45) is 0.136. The molecule has 1 rings (SSSR count). The minimum absolute atomic E-state index is 0.0328. The lowest BCUT2D eigenvalue weighted by molar-refractivity contribution is -0.137. The molecule has 0 aliphatic rings. The van der Waals surface area contributed by atoms with Crippen LogP contribution in [0.4, 0.5) is 0 Å². The number of nitrogens with zero attached hydrogens (tertiary/aromatic N) is 1. The van der Waals surface area contributed by atoms with Gasteiger partial charge in [0.05, 0.1) is 13.2 Å². The largest absolute Gasteiger partial charge is 0.382 e. The van der Waals surface area contributed by atoms with Crippen molar-refractivity contribution < 1.29 is 19.1 Å². The molecule has 0 unspecified atom stereocenters. The number of nitrogens with two attached hydrogens (primary N) is 1. The fraction of sp³-hybridized carbons (Fsp3) is 0.467. The van der Waals surface area contributed by atoms with Gasteiger partial charge < -0.3 is 20.1 Å². The van der Waals surface area contributed by atoms with Crippen LogP contribution in [-0.2, 0) is 25.6 Å². The predicted octanol–water partition coefficient (Wildman–Crippen LogP) is 0.554. The second-order valence-corrected chi connectivity index (χ2v) is 4.56. The van der Waals surface area contributed by atoms with Crippen molar-refractivity contribution in [2.75, 3.05) is 33.5 Å². The number of amides is 2. The first-order valence-electron chi connectivity index (χ1n) is 6.80. The zero-order chi connectivity index (χ0) is 15.5.